The third kappa shape index (κ3) is 4.33. The molecule has 228 valence electrons. The molecule has 10 rings (SSSR count). The Morgan fingerprint density at radius 3 is 1.61 bits per heavy atom. The molecule has 0 unspecified atom stereocenters. The van der Waals surface area contributed by atoms with Gasteiger partial charge < -0.3 is 4.42 Å². The third-order valence-electron chi connectivity index (χ3n) is 8.21. The molecule has 0 amide bonds. The molecule has 0 aliphatic carbocycles. The molecule has 1 heterocycles. The average Bonchev–Trinajstić information content (AvgIpc) is 3.88. The van der Waals surface area contributed by atoms with Crippen molar-refractivity contribution in [3.63, 3.8) is 0 Å². The molecule has 1 aromatic heterocycles. The predicted molar refractivity (Wildman–Crippen MR) is 208 cm³/mol. The summed E-state index contributed by atoms with van der Waals surface area (Å²) in [5.41, 5.74) is -3.85. The molecule has 0 atom stereocenters. The van der Waals surface area contributed by atoms with Gasteiger partial charge in [-0.15, -0.1) is 0 Å². The van der Waals surface area contributed by atoms with Crippen LogP contribution in [-0.2, 0) is 0 Å². The zero-order chi connectivity index (χ0) is 55.8. The van der Waals surface area contributed by atoms with Crippen LogP contribution in [0.3, 0.4) is 0 Å². The fourth-order valence-corrected chi connectivity index (χ4v) is 6.21. The van der Waals surface area contributed by atoms with E-state index in [2.05, 4.69) is 0 Å². The Morgan fingerprint density at radius 1 is 0.367 bits per heavy atom. The molecule has 0 radical (unpaired) electrons. The van der Waals surface area contributed by atoms with Crippen LogP contribution >= 0.6 is 0 Å². The van der Waals surface area contributed by atoms with Gasteiger partial charge in [-0.05, 0) is 72.1 Å². The van der Waals surface area contributed by atoms with E-state index in [1.54, 1.807) is 0 Å². The van der Waals surface area contributed by atoms with Gasteiger partial charge in [-0.1, -0.05) is 169 Å². The zero-order valence-electron chi connectivity index (χ0n) is 51.6. The maximum Gasteiger partial charge on any atom is 0.143 e. The molecule has 10 aromatic rings. The summed E-state index contributed by atoms with van der Waals surface area (Å²) in [6.45, 7) is 0. The van der Waals surface area contributed by atoms with Crippen molar-refractivity contribution >= 4 is 54.1 Å². The van der Waals surface area contributed by atoms with Crippen molar-refractivity contribution in [3.05, 3.63) is 181 Å². The summed E-state index contributed by atoms with van der Waals surface area (Å²) in [7, 11) is 0. The zero-order valence-corrected chi connectivity index (χ0v) is 24.6. The van der Waals surface area contributed by atoms with Gasteiger partial charge in [-0.25, -0.2) is 0 Å². The first-order chi connectivity index (χ1) is 35.5. The molecule has 0 aliphatic rings. The molecular formula is C48H30O. The van der Waals surface area contributed by atoms with Crippen molar-refractivity contribution in [2.24, 2.45) is 0 Å². The lowest BCUT2D eigenvalue weighted by atomic mass is 9.84. The standard InChI is InChI=1S/C48H30O/c1-3-14-31(15-4-1)35-28-29-41-43(30-35)49-48(42-25-13-19-34-27-26-32-16-7-8-20-36(32)44(34)42)47(41)46-39-23-11-9-21-37(39)45(33-17-5-2-6-18-33)38-22-10-12-24-40(38)46/h1-30H/i1D,2D,3D,4D,5D,6D,7D,8D,9D,10D,11D,12D,13D,14D,15D,16D,17D,18D,19D,20D,21D,22D,23D,24D,25D,26D,27D. The number of hydrogen-bond acceptors (Lipinski definition) is 1. The van der Waals surface area contributed by atoms with Crippen molar-refractivity contribution in [3.8, 4) is 44.7 Å². The summed E-state index contributed by atoms with van der Waals surface area (Å²) < 4.78 is 249. The molecule has 1 heteroatoms. The maximum atomic E-state index is 9.65. The molecule has 0 fully saturated rings. The maximum absolute atomic E-state index is 9.65. The van der Waals surface area contributed by atoms with E-state index in [0.717, 1.165) is 0 Å². The Morgan fingerprint density at radius 2 is 0.918 bits per heavy atom. The lowest BCUT2D eigenvalue weighted by Gasteiger charge is -2.18. The van der Waals surface area contributed by atoms with E-state index in [-0.39, 0.29) is 22.1 Å². The average molecular weight is 650 g/mol. The highest BCUT2D eigenvalue weighted by molar-refractivity contribution is 6.26. The minimum absolute atomic E-state index is 0.100. The third-order valence-corrected chi connectivity index (χ3v) is 8.21. The molecular weight excluding hydrogens is 593 g/mol. The van der Waals surface area contributed by atoms with E-state index in [9.17, 15) is 9.60 Å². The van der Waals surface area contributed by atoms with E-state index in [1.807, 2.05) is 0 Å². The fraction of sp³-hybridized carbons (Fsp3) is 0. The first kappa shape index (κ1) is 11.9. The van der Waals surface area contributed by atoms with Crippen LogP contribution in [0.5, 0.6) is 0 Å². The van der Waals surface area contributed by atoms with Crippen LogP contribution in [0.15, 0.2) is 186 Å². The van der Waals surface area contributed by atoms with Gasteiger partial charge in [0.15, 0.2) is 0 Å². The van der Waals surface area contributed by atoms with Crippen LogP contribution < -0.4 is 0 Å². The van der Waals surface area contributed by atoms with Gasteiger partial charge >= 0.3 is 0 Å². The Kier molecular flexibility index (Phi) is 2.69. The van der Waals surface area contributed by atoms with Gasteiger partial charge in [0.2, 0.25) is 0 Å². The molecule has 9 aromatic carbocycles. The minimum Gasteiger partial charge on any atom is -0.455 e. The van der Waals surface area contributed by atoms with E-state index in [1.165, 1.54) is 18.2 Å². The monoisotopic (exact) mass is 649 g/mol. The molecule has 0 N–H and O–H groups in total. The van der Waals surface area contributed by atoms with Crippen LogP contribution in [0, 0.1) is 0 Å². The lowest BCUT2D eigenvalue weighted by Crippen LogP contribution is -1.92. The highest BCUT2D eigenvalue weighted by Crippen LogP contribution is 2.51. The van der Waals surface area contributed by atoms with Crippen molar-refractivity contribution in [2.75, 3.05) is 0 Å². The highest BCUT2D eigenvalue weighted by Gasteiger charge is 2.25. The summed E-state index contributed by atoms with van der Waals surface area (Å²) in [5.74, 6) is -0.680. The number of rotatable bonds is 4. The van der Waals surface area contributed by atoms with Crippen LogP contribution in [-0.4, -0.2) is 0 Å². The summed E-state index contributed by atoms with van der Waals surface area (Å²) in [6, 6.07) is -19.6. The van der Waals surface area contributed by atoms with Crippen LogP contribution in [0.2, 0.25) is 0 Å². The van der Waals surface area contributed by atoms with Gasteiger partial charge in [0.25, 0.3) is 0 Å². The Hall–Kier alpha value is -6.44. The molecule has 0 spiro atoms. The molecule has 0 bridgehead atoms. The van der Waals surface area contributed by atoms with Crippen LogP contribution in [0.4, 0.5) is 0 Å². The molecule has 0 saturated heterocycles. The second-order valence-corrected chi connectivity index (χ2v) is 10.8. The van der Waals surface area contributed by atoms with Crippen molar-refractivity contribution in [1.29, 1.82) is 0 Å². The van der Waals surface area contributed by atoms with E-state index in [4.69, 9.17) is 31.8 Å². The van der Waals surface area contributed by atoms with E-state index >= 15 is 0 Å². The number of benzene rings is 9. The van der Waals surface area contributed by atoms with Crippen LogP contribution in [0.25, 0.3) is 98.8 Å². The number of fused-ring (bicyclic) bond motifs is 6. The van der Waals surface area contributed by atoms with E-state index < -0.39 is 240 Å². The second kappa shape index (κ2) is 11.1. The van der Waals surface area contributed by atoms with Gasteiger partial charge in [0.1, 0.15) is 11.3 Å². The normalized spacial score (nSPS) is 19.4. The topological polar surface area (TPSA) is 13.1 Å². The fourth-order valence-electron chi connectivity index (χ4n) is 6.21. The van der Waals surface area contributed by atoms with Crippen LogP contribution in [0.1, 0.15) is 37.0 Å². The second-order valence-electron chi connectivity index (χ2n) is 10.8. The van der Waals surface area contributed by atoms with Gasteiger partial charge in [-0.3, -0.25) is 0 Å². The first-order valence-corrected chi connectivity index (χ1v) is 14.6. The van der Waals surface area contributed by atoms with Gasteiger partial charge in [-0.2, -0.15) is 0 Å². The van der Waals surface area contributed by atoms with Gasteiger partial charge in [0.05, 0.1) is 37.0 Å². The molecule has 49 heavy (non-hydrogen) atoms. The van der Waals surface area contributed by atoms with Crippen molar-refractivity contribution in [1.82, 2.24) is 0 Å². The summed E-state index contributed by atoms with van der Waals surface area (Å²) in [5, 5.41) is -5.00. The number of furan rings is 1. The molecule has 0 aliphatic heterocycles. The Balaban J connectivity index is 1.58. The van der Waals surface area contributed by atoms with Gasteiger partial charge in [0, 0.05) is 27.5 Å². The first-order valence-electron chi connectivity index (χ1n) is 28.1. The summed E-state index contributed by atoms with van der Waals surface area (Å²) >= 11 is 0. The highest BCUT2D eigenvalue weighted by atomic mass is 16.3. The van der Waals surface area contributed by atoms with Crippen molar-refractivity contribution < 1.29 is 41.4 Å². The smallest absolute Gasteiger partial charge is 0.143 e. The quantitative estimate of drug-likeness (QED) is 0.137. The summed E-state index contributed by atoms with van der Waals surface area (Å²) in [6.07, 6.45) is 0. The number of hydrogen-bond donors (Lipinski definition) is 0. The largest absolute Gasteiger partial charge is 0.455 e. The minimum atomic E-state index is -0.953. The SMILES string of the molecule is [2H]c1c([2H])c([2H])c(-c2ccc3c(-c4c5c([2H])c([2H])c([2H])c([2H])c5c(-c5c([2H])c([2H])c([2H])c([2H])c5[2H])c5c([2H])c([2H])c([2H])c([2H])c45)c(-c4c([2H])c([2H])c([2H])c5c([2H])c([2H])c6c([2H])c([2H])c([2H])c([2H])c6c45)oc3c2)c([2H])c1[2H]. The summed E-state index contributed by atoms with van der Waals surface area (Å²) in [4.78, 5) is 0. The predicted octanol–water partition coefficient (Wildman–Crippen LogP) is 13.7. The molecule has 0 saturated carbocycles. The van der Waals surface area contributed by atoms with E-state index in [0.29, 0.717) is 0 Å². The Bertz CT molecular complexity index is 4290. The van der Waals surface area contributed by atoms with Crippen molar-refractivity contribution in [2.45, 2.75) is 0 Å². The Labute approximate surface area is 322 Å². The lowest BCUT2D eigenvalue weighted by molar-refractivity contribution is 0.633. The molecule has 1 nitrogen and oxygen atoms in total.